The number of carbonyl (C=O) groups excluding carboxylic acids is 1. The molecule has 1 N–H and O–H groups in total. The minimum atomic E-state index is -3.34. The number of carbonyl (C=O) groups is 1. The van der Waals surface area contributed by atoms with E-state index in [9.17, 15) is 13.2 Å². The molecule has 1 amide bonds. The Labute approximate surface area is 121 Å². The quantitative estimate of drug-likeness (QED) is 0.819. The van der Waals surface area contributed by atoms with Crippen LogP contribution in [-0.4, -0.2) is 50.0 Å². The fraction of sp³-hybridized carbons (Fsp3) is 0.400. The summed E-state index contributed by atoms with van der Waals surface area (Å²) in [4.78, 5) is 15.5. The van der Waals surface area contributed by atoms with Gasteiger partial charge in [0.05, 0.1) is 11.3 Å². The fourth-order valence-electron chi connectivity index (χ4n) is 1.15. The first-order valence-electron chi connectivity index (χ1n) is 5.24. The number of nitrogens with zero attached hydrogens (tertiary/aromatic N) is 2. The summed E-state index contributed by atoms with van der Waals surface area (Å²) in [5.41, 5.74) is 0.147. The van der Waals surface area contributed by atoms with Gasteiger partial charge in [-0.15, -0.1) is 0 Å². The van der Waals surface area contributed by atoms with Crippen LogP contribution in [0.15, 0.2) is 12.1 Å². The van der Waals surface area contributed by atoms with Crippen molar-refractivity contribution in [3.8, 4) is 0 Å². The van der Waals surface area contributed by atoms with Crippen molar-refractivity contribution in [2.45, 2.75) is 0 Å². The molecule has 106 valence electrons. The van der Waals surface area contributed by atoms with Crippen LogP contribution >= 0.6 is 23.2 Å². The highest BCUT2D eigenvalue weighted by Gasteiger charge is 2.15. The fourth-order valence-corrected chi connectivity index (χ4v) is 2.31. The first-order valence-corrected chi connectivity index (χ1v) is 7.61. The standard InChI is InChI=1S/C10H13Cl2N3O3S/c1-15(2)19(17,18)6-5-13-10(16)7-3-4-8(11)14-9(7)12/h3-4H,5-6H2,1-2H3,(H,13,16). The minimum Gasteiger partial charge on any atom is -0.351 e. The highest BCUT2D eigenvalue weighted by atomic mass is 35.5. The van der Waals surface area contributed by atoms with Crippen molar-refractivity contribution in [1.82, 2.24) is 14.6 Å². The van der Waals surface area contributed by atoms with Gasteiger partial charge >= 0.3 is 0 Å². The third-order valence-electron chi connectivity index (χ3n) is 2.26. The second-order valence-electron chi connectivity index (χ2n) is 3.83. The molecular formula is C10H13Cl2N3O3S. The number of amides is 1. The zero-order valence-electron chi connectivity index (χ0n) is 10.4. The molecule has 0 aromatic carbocycles. The van der Waals surface area contributed by atoms with Crippen molar-refractivity contribution >= 4 is 39.1 Å². The second kappa shape index (κ2) is 6.51. The van der Waals surface area contributed by atoms with Crippen LogP contribution in [0.3, 0.4) is 0 Å². The highest BCUT2D eigenvalue weighted by molar-refractivity contribution is 7.89. The summed E-state index contributed by atoms with van der Waals surface area (Å²) in [5.74, 6) is -0.687. The average molecular weight is 326 g/mol. The van der Waals surface area contributed by atoms with E-state index in [1.165, 1.54) is 26.2 Å². The van der Waals surface area contributed by atoms with Gasteiger partial charge in [0.25, 0.3) is 5.91 Å². The molecule has 0 spiro atoms. The maximum Gasteiger partial charge on any atom is 0.254 e. The van der Waals surface area contributed by atoms with Crippen LogP contribution in [0, 0.1) is 0 Å². The Morgan fingerprint density at radius 3 is 2.53 bits per heavy atom. The van der Waals surface area contributed by atoms with Crippen LogP contribution in [0.1, 0.15) is 10.4 Å². The first-order chi connectivity index (χ1) is 8.74. The molecule has 0 unspecified atom stereocenters. The van der Waals surface area contributed by atoms with Crippen molar-refractivity contribution in [2.75, 3.05) is 26.4 Å². The lowest BCUT2D eigenvalue weighted by Gasteiger charge is -2.11. The van der Waals surface area contributed by atoms with E-state index in [2.05, 4.69) is 10.3 Å². The molecule has 0 saturated heterocycles. The SMILES string of the molecule is CN(C)S(=O)(=O)CCNC(=O)c1ccc(Cl)nc1Cl. The van der Waals surface area contributed by atoms with Gasteiger partial charge in [0, 0.05) is 20.6 Å². The van der Waals surface area contributed by atoms with Gasteiger partial charge in [-0.3, -0.25) is 4.79 Å². The predicted molar refractivity (Wildman–Crippen MR) is 74.1 cm³/mol. The summed E-state index contributed by atoms with van der Waals surface area (Å²) >= 11 is 11.4. The molecule has 1 rings (SSSR count). The maximum absolute atomic E-state index is 11.7. The summed E-state index contributed by atoms with van der Waals surface area (Å²) in [7, 11) is -0.489. The third kappa shape index (κ3) is 4.61. The molecule has 0 bridgehead atoms. The Morgan fingerprint density at radius 2 is 2.00 bits per heavy atom. The van der Waals surface area contributed by atoms with Gasteiger partial charge in [-0.25, -0.2) is 17.7 Å². The van der Waals surface area contributed by atoms with E-state index >= 15 is 0 Å². The van der Waals surface area contributed by atoms with E-state index in [1.54, 1.807) is 0 Å². The van der Waals surface area contributed by atoms with Gasteiger partial charge in [0.1, 0.15) is 10.3 Å². The van der Waals surface area contributed by atoms with E-state index < -0.39 is 15.9 Å². The number of halogens is 2. The normalized spacial score (nSPS) is 11.6. The van der Waals surface area contributed by atoms with E-state index in [4.69, 9.17) is 23.2 Å². The second-order valence-corrected chi connectivity index (χ2v) is 6.87. The molecule has 0 aliphatic carbocycles. The lowest BCUT2D eigenvalue weighted by Crippen LogP contribution is -2.34. The monoisotopic (exact) mass is 325 g/mol. The summed E-state index contributed by atoms with van der Waals surface area (Å²) in [6.45, 7) is -0.0156. The number of pyridine rings is 1. The lowest BCUT2D eigenvalue weighted by atomic mass is 10.3. The summed E-state index contributed by atoms with van der Waals surface area (Å²) in [6, 6.07) is 2.85. The molecule has 1 aromatic rings. The topological polar surface area (TPSA) is 79.4 Å². The highest BCUT2D eigenvalue weighted by Crippen LogP contribution is 2.16. The van der Waals surface area contributed by atoms with Gasteiger partial charge in [-0.1, -0.05) is 23.2 Å². The Bertz CT molecular complexity index is 575. The van der Waals surface area contributed by atoms with Crippen molar-refractivity contribution in [1.29, 1.82) is 0 Å². The average Bonchev–Trinajstić information content (AvgIpc) is 2.28. The molecule has 0 radical (unpaired) electrons. The minimum absolute atomic E-state index is 0.0156. The van der Waals surface area contributed by atoms with E-state index in [-0.39, 0.29) is 28.2 Å². The van der Waals surface area contributed by atoms with Crippen LogP contribution in [0.4, 0.5) is 0 Å². The van der Waals surface area contributed by atoms with Gasteiger partial charge in [-0.2, -0.15) is 0 Å². The number of aromatic nitrogens is 1. The summed E-state index contributed by atoms with van der Waals surface area (Å²) in [5, 5.41) is 2.61. The number of rotatable bonds is 5. The van der Waals surface area contributed by atoms with Crippen LogP contribution < -0.4 is 5.32 Å². The number of hydrogen-bond acceptors (Lipinski definition) is 4. The van der Waals surface area contributed by atoms with Crippen LogP contribution in [0.25, 0.3) is 0 Å². The smallest absolute Gasteiger partial charge is 0.254 e. The lowest BCUT2D eigenvalue weighted by molar-refractivity contribution is 0.0956. The zero-order valence-corrected chi connectivity index (χ0v) is 12.7. The Morgan fingerprint density at radius 1 is 1.37 bits per heavy atom. The molecule has 1 aromatic heterocycles. The first kappa shape index (κ1) is 16.2. The molecule has 0 aliphatic rings. The molecule has 1 heterocycles. The zero-order chi connectivity index (χ0) is 14.6. The van der Waals surface area contributed by atoms with Gasteiger partial charge in [0.15, 0.2) is 0 Å². The van der Waals surface area contributed by atoms with Crippen molar-refractivity contribution in [2.24, 2.45) is 0 Å². The van der Waals surface area contributed by atoms with Crippen molar-refractivity contribution in [3.05, 3.63) is 28.0 Å². The molecule has 0 saturated carbocycles. The summed E-state index contributed by atoms with van der Waals surface area (Å²) in [6.07, 6.45) is 0. The van der Waals surface area contributed by atoms with E-state index in [1.807, 2.05) is 0 Å². The van der Waals surface area contributed by atoms with Gasteiger partial charge < -0.3 is 5.32 Å². The number of nitrogens with one attached hydrogen (secondary N) is 1. The molecule has 0 atom stereocenters. The Hall–Kier alpha value is -0.890. The van der Waals surface area contributed by atoms with Crippen LogP contribution in [0.2, 0.25) is 10.3 Å². The summed E-state index contributed by atoms with van der Waals surface area (Å²) < 4.78 is 24.1. The Balaban J connectivity index is 2.62. The van der Waals surface area contributed by atoms with Crippen molar-refractivity contribution in [3.63, 3.8) is 0 Å². The largest absolute Gasteiger partial charge is 0.351 e. The number of hydrogen-bond donors (Lipinski definition) is 1. The predicted octanol–water partition coefficient (Wildman–Crippen LogP) is 1.01. The molecule has 19 heavy (non-hydrogen) atoms. The maximum atomic E-state index is 11.7. The number of sulfonamides is 1. The molecule has 9 heteroatoms. The van der Waals surface area contributed by atoms with Crippen LogP contribution in [-0.2, 0) is 10.0 Å². The molecule has 6 nitrogen and oxygen atoms in total. The van der Waals surface area contributed by atoms with E-state index in [0.29, 0.717) is 0 Å². The van der Waals surface area contributed by atoms with Gasteiger partial charge in [0.2, 0.25) is 10.0 Å². The molecular weight excluding hydrogens is 313 g/mol. The molecule has 0 aliphatic heterocycles. The third-order valence-corrected chi connectivity index (χ3v) is 4.59. The van der Waals surface area contributed by atoms with Crippen molar-refractivity contribution < 1.29 is 13.2 Å². The molecule has 0 fully saturated rings. The Kier molecular flexibility index (Phi) is 5.54. The van der Waals surface area contributed by atoms with Crippen LogP contribution in [0.5, 0.6) is 0 Å². The van der Waals surface area contributed by atoms with E-state index in [0.717, 1.165) is 4.31 Å². The van der Waals surface area contributed by atoms with Gasteiger partial charge in [-0.05, 0) is 12.1 Å².